The number of carbonyl (C=O) groups is 2. The lowest BCUT2D eigenvalue weighted by atomic mass is 10.2. The number of ether oxygens (including phenoxy) is 4. The Bertz CT molecular complexity index is 547. The Morgan fingerprint density at radius 2 is 1.82 bits per heavy atom. The fourth-order valence-corrected chi connectivity index (χ4v) is 2.42. The SMILES string of the molecule is CCC(COC(=O)CCn1cccc1)OCCC(CO)OCC(C)C(=O)OC. The average molecular weight is 399 g/mol. The zero-order chi connectivity index (χ0) is 20.8. The van der Waals surface area contributed by atoms with Gasteiger partial charge in [-0.3, -0.25) is 9.59 Å². The van der Waals surface area contributed by atoms with E-state index in [-0.39, 0.29) is 37.9 Å². The maximum absolute atomic E-state index is 11.8. The highest BCUT2D eigenvalue weighted by molar-refractivity contribution is 5.71. The molecule has 1 aromatic heterocycles. The van der Waals surface area contributed by atoms with E-state index in [2.05, 4.69) is 4.74 Å². The number of methoxy groups -OCH3 is 1. The van der Waals surface area contributed by atoms with Crippen molar-refractivity contribution in [3.8, 4) is 0 Å². The molecular formula is C20H33NO7. The third-order valence-corrected chi connectivity index (χ3v) is 4.31. The normalized spacial score (nSPS) is 14.3. The number of carbonyl (C=O) groups excluding carboxylic acids is 2. The summed E-state index contributed by atoms with van der Waals surface area (Å²) in [6, 6.07) is 3.82. The first-order valence-corrected chi connectivity index (χ1v) is 9.68. The topological polar surface area (TPSA) is 96.2 Å². The van der Waals surface area contributed by atoms with Crippen LogP contribution in [0.15, 0.2) is 24.5 Å². The lowest BCUT2D eigenvalue weighted by molar-refractivity contribution is -0.150. The molecule has 0 saturated carbocycles. The summed E-state index contributed by atoms with van der Waals surface area (Å²) >= 11 is 0. The van der Waals surface area contributed by atoms with Gasteiger partial charge in [0, 0.05) is 25.5 Å². The second-order valence-electron chi connectivity index (χ2n) is 6.61. The lowest BCUT2D eigenvalue weighted by Crippen LogP contribution is -2.28. The van der Waals surface area contributed by atoms with Gasteiger partial charge in [-0.1, -0.05) is 6.92 Å². The smallest absolute Gasteiger partial charge is 0.310 e. The van der Waals surface area contributed by atoms with Crippen molar-refractivity contribution in [1.82, 2.24) is 4.57 Å². The van der Waals surface area contributed by atoms with E-state index in [9.17, 15) is 14.7 Å². The van der Waals surface area contributed by atoms with Gasteiger partial charge in [-0.15, -0.1) is 0 Å². The molecule has 3 unspecified atom stereocenters. The first-order valence-electron chi connectivity index (χ1n) is 9.68. The molecule has 8 heteroatoms. The molecule has 160 valence electrons. The van der Waals surface area contributed by atoms with E-state index in [0.717, 1.165) is 0 Å². The van der Waals surface area contributed by atoms with Gasteiger partial charge in [0.15, 0.2) is 0 Å². The third kappa shape index (κ3) is 9.87. The number of hydrogen-bond donors (Lipinski definition) is 1. The number of aliphatic hydroxyl groups excluding tert-OH is 1. The molecule has 0 aliphatic carbocycles. The number of aryl methyl sites for hydroxylation is 1. The van der Waals surface area contributed by atoms with Gasteiger partial charge in [-0.25, -0.2) is 0 Å². The monoisotopic (exact) mass is 399 g/mol. The number of rotatable bonds is 15. The van der Waals surface area contributed by atoms with Gasteiger partial charge in [0.25, 0.3) is 0 Å². The molecule has 1 heterocycles. The van der Waals surface area contributed by atoms with E-state index in [1.54, 1.807) is 6.92 Å². The van der Waals surface area contributed by atoms with Gasteiger partial charge in [-0.2, -0.15) is 0 Å². The van der Waals surface area contributed by atoms with Crippen molar-refractivity contribution in [2.24, 2.45) is 5.92 Å². The van der Waals surface area contributed by atoms with E-state index >= 15 is 0 Å². The Kier molecular flexibility index (Phi) is 12.2. The van der Waals surface area contributed by atoms with Gasteiger partial charge in [0.2, 0.25) is 0 Å². The Balaban J connectivity index is 2.20. The van der Waals surface area contributed by atoms with Gasteiger partial charge < -0.3 is 28.6 Å². The van der Waals surface area contributed by atoms with E-state index < -0.39 is 12.0 Å². The lowest BCUT2D eigenvalue weighted by Gasteiger charge is -2.20. The highest BCUT2D eigenvalue weighted by atomic mass is 16.6. The van der Waals surface area contributed by atoms with Gasteiger partial charge in [-0.05, 0) is 31.9 Å². The molecule has 1 rings (SSSR count). The molecule has 0 fully saturated rings. The van der Waals surface area contributed by atoms with Crippen molar-refractivity contribution in [3.63, 3.8) is 0 Å². The quantitative estimate of drug-likeness (QED) is 0.449. The van der Waals surface area contributed by atoms with Crippen LogP contribution < -0.4 is 0 Å². The first kappa shape index (κ1) is 24.1. The van der Waals surface area contributed by atoms with Crippen LogP contribution in [0, 0.1) is 5.92 Å². The molecule has 0 saturated heterocycles. The number of aromatic nitrogens is 1. The van der Waals surface area contributed by atoms with Crippen LogP contribution >= 0.6 is 0 Å². The molecule has 0 radical (unpaired) electrons. The number of nitrogens with zero attached hydrogens (tertiary/aromatic N) is 1. The number of aliphatic hydroxyl groups is 1. The van der Waals surface area contributed by atoms with Crippen molar-refractivity contribution in [3.05, 3.63) is 24.5 Å². The van der Waals surface area contributed by atoms with Crippen molar-refractivity contribution in [2.75, 3.05) is 33.5 Å². The zero-order valence-electron chi connectivity index (χ0n) is 17.0. The molecule has 28 heavy (non-hydrogen) atoms. The summed E-state index contributed by atoms with van der Waals surface area (Å²) in [7, 11) is 1.33. The molecule has 0 aliphatic rings. The molecule has 1 N–H and O–H groups in total. The molecule has 0 bridgehead atoms. The minimum absolute atomic E-state index is 0.164. The predicted octanol–water partition coefficient (Wildman–Crippen LogP) is 1.79. The predicted molar refractivity (Wildman–Crippen MR) is 103 cm³/mol. The Labute approximate surface area is 166 Å². The van der Waals surface area contributed by atoms with Crippen molar-refractivity contribution >= 4 is 11.9 Å². The standard InChI is InChI=1S/C20H33NO7/c1-4-17(15-28-19(23)7-11-21-9-5-6-10-21)26-12-8-18(13-22)27-14-16(2)20(24)25-3/h5-6,9-10,16-18,22H,4,7-8,11-15H2,1-3H3. The van der Waals surface area contributed by atoms with Crippen LogP contribution in [0.5, 0.6) is 0 Å². The summed E-state index contributed by atoms with van der Waals surface area (Å²) in [5.74, 6) is -1.00. The second-order valence-corrected chi connectivity index (χ2v) is 6.61. The van der Waals surface area contributed by atoms with E-state index in [4.69, 9.17) is 14.2 Å². The van der Waals surface area contributed by atoms with Crippen LogP contribution in [0.4, 0.5) is 0 Å². The fourth-order valence-electron chi connectivity index (χ4n) is 2.42. The van der Waals surface area contributed by atoms with Gasteiger partial charge in [0.05, 0.1) is 44.9 Å². The number of hydrogen-bond acceptors (Lipinski definition) is 7. The number of esters is 2. The minimum atomic E-state index is -0.422. The Morgan fingerprint density at radius 3 is 2.43 bits per heavy atom. The van der Waals surface area contributed by atoms with Crippen LogP contribution in [0.2, 0.25) is 0 Å². The van der Waals surface area contributed by atoms with Crippen molar-refractivity contribution in [2.45, 2.75) is 51.9 Å². The third-order valence-electron chi connectivity index (χ3n) is 4.31. The van der Waals surface area contributed by atoms with Crippen LogP contribution in [0.3, 0.4) is 0 Å². The van der Waals surface area contributed by atoms with Crippen molar-refractivity contribution in [1.29, 1.82) is 0 Å². The first-order chi connectivity index (χ1) is 13.5. The van der Waals surface area contributed by atoms with E-state index in [1.165, 1.54) is 7.11 Å². The maximum Gasteiger partial charge on any atom is 0.310 e. The summed E-state index contributed by atoms with van der Waals surface area (Å²) in [6.45, 7) is 4.81. The largest absolute Gasteiger partial charge is 0.469 e. The molecule has 3 atom stereocenters. The summed E-state index contributed by atoms with van der Waals surface area (Å²) in [5.41, 5.74) is 0. The molecule has 0 spiro atoms. The highest BCUT2D eigenvalue weighted by Gasteiger charge is 2.17. The molecule has 8 nitrogen and oxygen atoms in total. The summed E-state index contributed by atoms with van der Waals surface area (Å²) in [4.78, 5) is 23.2. The van der Waals surface area contributed by atoms with Crippen LogP contribution in [0.1, 0.15) is 33.1 Å². The Hall–Kier alpha value is -1.90. The molecule has 0 aliphatic heterocycles. The van der Waals surface area contributed by atoms with Crippen LogP contribution in [-0.4, -0.2) is 67.4 Å². The zero-order valence-corrected chi connectivity index (χ0v) is 17.0. The average Bonchev–Trinajstić information content (AvgIpc) is 3.23. The van der Waals surface area contributed by atoms with E-state index in [0.29, 0.717) is 32.4 Å². The highest BCUT2D eigenvalue weighted by Crippen LogP contribution is 2.07. The molecular weight excluding hydrogens is 366 g/mol. The Morgan fingerprint density at radius 1 is 1.11 bits per heavy atom. The summed E-state index contributed by atoms with van der Waals surface area (Å²) in [6.07, 6.45) is 4.66. The van der Waals surface area contributed by atoms with Crippen LogP contribution in [-0.2, 0) is 35.1 Å². The van der Waals surface area contributed by atoms with Crippen molar-refractivity contribution < 1.29 is 33.6 Å². The van der Waals surface area contributed by atoms with Crippen LogP contribution in [0.25, 0.3) is 0 Å². The fraction of sp³-hybridized carbons (Fsp3) is 0.700. The molecule has 0 amide bonds. The molecule has 1 aromatic rings. The maximum atomic E-state index is 11.8. The molecule has 0 aromatic carbocycles. The van der Waals surface area contributed by atoms with Gasteiger partial charge in [0.1, 0.15) is 6.61 Å². The van der Waals surface area contributed by atoms with E-state index in [1.807, 2.05) is 36.0 Å². The summed E-state index contributed by atoms with van der Waals surface area (Å²) in [5, 5.41) is 9.40. The second kappa shape index (κ2) is 14.1. The minimum Gasteiger partial charge on any atom is -0.469 e. The summed E-state index contributed by atoms with van der Waals surface area (Å²) < 4.78 is 23.1. The van der Waals surface area contributed by atoms with Gasteiger partial charge >= 0.3 is 11.9 Å².